The smallest absolute Gasteiger partial charge is 0.408 e. The number of aliphatic carboxylic acids is 1. The molecule has 0 radical (unpaired) electrons. The van der Waals surface area contributed by atoms with E-state index in [0.717, 1.165) is 4.91 Å². The molecule has 2 heterocycles. The molecule has 0 spiro atoms. The molecule has 4 N–H and O–H groups in total. The van der Waals surface area contributed by atoms with E-state index in [-0.39, 0.29) is 30.9 Å². The summed E-state index contributed by atoms with van der Waals surface area (Å²) in [5.74, 6) is -0.495. The third-order valence-corrected chi connectivity index (χ3v) is 5.53. The molecule has 0 aliphatic carbocycles. The highest BCUT2D eigenvalue weighted by atomic mass is 32.2. The van der Waals surface area contributed by atoms with Crippen LogP contribution in [0.15, 0.2) is 11.0 Å². The molecule has 23 heavy (non-hydrogen) atoms. The molecule has 0 aromatic heterocycles. The maximum Gasteiger partial charge on any atom is 0.408 e. The number of carbonyl (C=O) groups is 2. The summed E-state index contributed by atoms with van der Waals surface area (Å²) in [6, 6.07) is -0.0753. The molecule has 2 rings (SSSR count). The van der Waals surface area contributed by atoms with Crippen LogP contribution >= 0.6 is 11.8 Å². The zero-order chi connectivity index (χ0) is 17.2. The number of aliphatic hydroxyl groups is 2. The molecule has 8 heteroatoms. The van der Waals surface area contributed by atoms with Gasteiger partial charge in [-0.25, -0.2) is 4.79 Å². The largest absolute Gasteiger partial charge is 0.481 e. The fraction of sp³-hybridized carbons (Fsp3) is 0.733. The van der Waals surface area contributed by atoms with E-state index in [4.69, 9.17) is 4.74 Å². The molecule has 0 bridgehead atoms. The molecule has 0 aromatic carbocycles. The Labute approximate surface area is 139 Å². The van der Waals surface area contributed by atoms with Crippen LogP contribution in [0.1, 0.15) is 26.7 Å². The van der Waals surface area contributed by atoms with Gasteiger partial charge in [-0.05, 0) is 18.8 Å². The van der Waals surface area contributed by atoms with Gasteiger partial charge in [-0.1, -0.05) is 19.9 Å². The van der Waals surface area contributed by atoms with Gasteiger partial charge in [0.1, 0.15) is 5.41 Å². The highest BCUT2D eigenvalue weighted by Gasteiger charge is 2.46. The maximum absolute atomic E-state index is 11.6. The first-order valence-electron chi connectivity index (χ1n) is 7.62. The normalized spacial score (nSPS) is 29.1. The SMILES string of the molecule is CC(C)CC(CO)(C(=O)O)C(O)CC=C1SC[C@@H]2NC(=O)O[C@H]12. The van der Waals surface area contributed by atoms with Crippen molar-refractivity contribution in [3.63, 3.8) is 0 Å². The lowest BCUT2D eigenvalue weighted by Gasteiger charge is -2.33. The fourth-order valence-corrected chi connectivity index (χ4v) is 4.29. The van der Waals surface area contributed by atoms with Gasteiger partial charge in [0.05, 0.1) is 18.8 Å². The Morgan fingerprint density at radius 1 is 1.57 bits per heavy atom. The van der Waals surface area contributed by atoms with Gasteiger partial charge in [0.25, 0.3) is 0 Å². The Morgan fingerprint density at radius 2 is 2.26 bits per heavy atom. The van der Waals surface area contributed by atoms with Crippen LogP contribution in [-0.4, -0.2) is 58.0 Å². The number of nitrogens with one attached hydrogen (secondary N) is 1. The highest BCUT2D eigenvalue weighted by molar-refractivity contribution is 8.03. The number of fused-ring (bicyclic) bond motifs is 1. The number of carboxylic acid groups (broad SMARTS) is 1. The first-order chi connectivity index (χ1) is 10.8. The van der Waals surface area contributed by atoms with Gasteiger partial charge in [-0.3, -0.25) is 4.79 Å². The summed E-state index contributed by atoms with van der Waals surface area (Å²) in [5.41, 5.74) is -1.58. The summed E-state index contributed by atoms with van der Waals surface area (Å²) < 4.78 is 5.17. The maximum atomic E-state index is 11.6. The van der Waals surface area contributed by atoms with E-state index in [0.29, 0.717) is 5.75 Å². The number of hydrogen-bond acceptors (Lipinski definition) is 6. The molecule has 2 aliphatic heterocycles. The van der Waals surface area contributed by atoms with Crippen LogP contribution in [0.4, 0.5) is 4.79 Å². The van der Waals surface area contributed by atoms with Gasteiger partial charge in [0, 0.05) is 10.7 Å². The number of carbonyl (C=O) groups excluding carboxylic acids is 1. The van der Waals surface area contributed by atoms with Crippen LogP contribution in [0.3, 0.4) is 0 Å². The molecule has 0 aromatic rings. The molecule has 2 fully saturated rings. The van der Waals surface area contributed by atoms with E-state index < -0.39 is 30.2 Å². The summed E-state index contributed by atoms with van der Waals surface area (Å²) >= 11 is 1.52. The number of amides is 1. The average Bonchev–Trinajstić information content (AvgIpc) is 3.00. The fourth-order valence-electron chi connectivity index (χ4n) is 3.07. The van der Waals surface area contributed by atoms with E-state index in [2.05, 4.69) is 5.32 Å². The van der Waals surface area contributed by atoms with Crippen molar-refractivity contribution < 1.29 is 29.6 Å². The molecule has 2 saturated heterocycles. The summed E-state index contributed by atoms with van der Waals surface area (Å²) in [6.45, 7) is 3.07. The number of aliphatic hydroxyl groups excluding tert-OH is 2. The Balaban J connectivity index is 2.09. The van der Waals surface area contributed by atoms with Crippen LogP contribution < -0.4 is 5.32 Å². The van der Waals surface area contributed by atoms with E-state index in [1.807, 2.05) is 13.8 Å². The molecule has 1 amide bonds. The molecular weight excluding hydrogens is 322 g/mol. The van der Waals surface area contributed by atoms with E-state index in [1.54, 1.807) is 6.08 Å². The molecule has 0 saturated carbocycles. The van der Waals surface area contributed by atoms with Crippen molar-refractivity contribution in [3.05, 3.63) is 11.0 Å². The predicted octanol–water partition coefficient (Wildman–Crippen LogP) is 0.954. The summed E-state index contributed by atoms with van der Waals surface area (Å²) in [4.78, 5) is 23.7. The van der Waals surface area contributed by atoms with Gasteiger partial charge in [-0.15, -0.1) is 11.8 Å². The van der Waals surface area contributed by atoms with Gasteiger partial charge in [0.15, 0.2) is 6.10 Å². The minimum Gasteiger partial charge on any atom is -0.481 e. The second-order valence-corrected chi connectivity index (χ2v) is 7.56. The Kier molecular flexibility index (Phi) is 5.59. The zero-order valence-corrected chi connectivity index (χ0v) is 14.0. The van der Waals surface area contributed by atoms with Gasteiger partial charge >= 0.3 is 12.1 Å². The Morgan fingerprint density at radius 3 is 2.83 bits per heavy atom. The summed E-state index contributed by atoms with van der Waals surface area (Å²) in [5, 5.41) is 32.2. The van der Waals surface area contributed by atoms with Crippen LogP contribution in [0.5, 0.6) is 0 Å². The Hall–Kier alpha value is -1.25. The van der Waals surface area contributed by atoms with Crippen LogP contribution in [-0.2, 0) is 9.53 Å². The van der Waals surface area contributed by atoms with Crippen molar-refractivity contribution in [2.75, 3.05) is 12.4 Å². The van der Waals surface area contributed by atoms with Crippen molar-refractivity contribution in [1.82, 2.24) is 5.32 Å². The molecule has 2 unspecified atom stereocenters. The molecule has 4 atom stereocenters. The second kappa shape index (κ2) is 7.11. The van der Waals surface area contributed by atoms with E-state index in [9.17, 15) is 24.9 Å². The van der Waals surface area contributed by atoms with Gasteiger partial charge < -0.3 is 25.4 Å². The van der Waals surface area contributed by atoms with E-state index in [1.165, 1.54) is 11.8 Å². The van der Waals surface area contributed by atoms with Crippen LogP contribution in [0.25, 0.3) is 0 Å². The molecule has 7 nitrogen and oxygen atoms in total. The second-order valence-electron chi connectivity index (χ2n) is 6.46. The number of hydrogen-bond donors (Lipinski definition) is 4. The number of rotatable bonds is 7. The lowest BCUT2D eigenvalue weighted by Crippen LogP contribution is -2.46. The lowest BCUT2D eigenvalue weighted by atomic mass is 9.75. The molecule has 2 aliphatic rings. The van der Waals surface area contributed by atoms with Crippen molar-refractivity contribution >= 4 is 23.8 Å². The van der Waals surface area contributed by atoms with Crippen molar-refractivity contribution in [2.45, 2.75) is 44.9 Å². The quantitative estimate of drug-likeness (QED) is 0.543. The lowest BCUT2D eigenvalue weighted by molar-refractivity contribution is -0.162. The standard InChI is InChI=1S/C15H23NO6S/c1-8(2)5-15(7-17,13(19)20)11(18)4-3-10-12-9(6-23-10)16-14(21)22-12/h3,8-9,11-12,17-18H,4-7H2,1-2H3,(H,16,21)(H,19,20)/t9-,11?,12-,15?/m0/s1. The highest BCUT2D eigenvalue weighted by Crippen LogP contribution is 2.38. The van der Waals surface area contributed by atoms with Crippen molar-refractivity contribution in [2.24, 2.45) is 11.3 Å². The number of alkyl carbamates (subject to hydrolysis) is 1. The first-order valence-corrected chi connectivity index (χ1v) is 8.61. The minimum absolute atomic E-state index is 0.0192. The predicted molar refractivity (Wildman–Crippen MR) is 85.0 cm³/mol. The van der Waals surface area contributed by atoms with Gasteiger partial charge in [0.2, 0.25) is 0 Å². The van der Waals surface area contributed by atoms with Gasteiger partial charge in [-0.2, -0.15) is 0 Å². The average molecular weight is 345 g/mol. The van der Waals surface area contributed by atoms with Crippen LogP contribution in [0.2, 0.25) is 0 Å². The zero-order valence-electron chi connectivity index (χ0n) is 13.2. The van der Waals surface area contributed by atoms with E-state index >= 15 is 0 Å². The van der Waals surface area contributed by atoms with Crippen molar-refractivity contribution in [1.29, 1.82) is 0 Å². The molecule has 130 valence electrons. The monoisotopic (exact) mass is 345 g/mol. The number of ether oxygens (including phenoxy) is 1. The van der Waals surface area contributed by atoms with Crippen LogP contribution in [0, 0.1) is 11.3 Å². The summed E-state index contributed by atoms with van der Waals surface area (Å²) in [6.07, 6.45) is -0.0557. The number of carboxylic acids is 1. The van der Waals surface area contributed by atoms with Crippen molar-refractivity contribution in [3.8, 4) is 0 Å². The molecular formula is C15H23NO6S. The first kappa shape index (κ1) is 18.1. The third-order valence-electron chi connectivity index (χ3n) is 4.27. The number of thioether (sulfide) groups is 1. The third kappa shape index (κ3) is 3.64. The topological polar surface area (TPSA) is 116 Å². The Bertz CT molecular complexity index is 508. The minimum atomic E-state index is -1.58. The summed E-state index contributed by atoms with van der Waals surface area (Å²) in [7, 11) is 0.